The number of hydrogen-bond donors (Lipinski definition) is 1. The molecule has 0 aromatic carbocycles. The Morgan fingerprint density at radius 2 is 2.18 bits per heavy atom. The fourth-order valence-electron chi connectivity index (χ4n) is 3.42. The van der Waals surface area contributed by atoms with Gasteiger partial charge >= 0.3 is 0 Å². The molecule has 0 aromatic heterocycles. The lowest BCUT2D eigenvalue weighted by Gasteiger charge is -2.21. The highest BCUT2D eigenvalue weighted by Gasteiger charge is 2.30. The first-order valence-corrected chi connectivity index (χ1v) is 7.24. The quantitative estimate of drug-likeness (QED) is 0.797. The predicted molar refractivity (Wildman–Crippen MR) is 69.5 cm³/mol. The molecule has 17 heavy (non-hydrogen) atoms. The Morgan fingerprint density at radius 1 is 1.35 bits per heavy atom. The third-order valence-corrected chi connectivity index (χ3v) is 4.48. The Balaban J connectivity index is 1.74. The summed E-state index contributed by atoms with van der Waals surface area (Å²) < 4.78 is 0. The molecule has 98 valence electrons. The van der Waals surface area contributed by atoms with Crippen LogP contribution in [0.2, 0.25) is 0 Å². The molecule has 3 atom stereocenters. The van der Waals surface area contributed by atoms with Gasteiger partial charge in [0.25, 0.3) is 0 Å². The molecule has 0 spiro atoms. The number of carbonyl (C=O) groups excluding carboxylic acids is 1. The van der Waals surface area contributed by atoms with Crippen LogP contribution in [0.15, 0.2) is 0 Å². The van der Waals surface area contributed by atoms with E-state index in [-0.39, 0.29) is 0 Å². The van der Waals surface area contributed by atoms with Crippen molar-refractivity contribution in [2.75, 3.05) is 13.1 Å². The van der Waals surface area contributed by atoms with E-state index < -0.39 is 0 Å². The van der Waals surface area contributed by atoms with Crippen molar-refractivity contribution in [3.8, 4) is 0 Å². The van der Waals surface area contributed by atoms with Gasteiger partial charge in [-0.1, -0.05) is 19.8 Å². The van der Waals surface area contributed by atoms with Gasteiger partial charge in [-0.25, -0.2) is 0 Å². The summed E-state index contributed by atoms with van der Waals surface area (Å²) in [6.45, 7) is 4.14. The number of carbonyl (C=O) groups is 1. The normalized spacial score (nSPS) is 33.6. The number of nitrogens with two attached hydrogens (primary N) is 1. The average Bonchev–Trinajstić information content (AvgIpc) is 2.83. The van der Waals surface area contributed by atoms with Crippen molar-refractivity contribution in [2.45, 2.75) is 57.9 Å². The number of amides is 1. The van der Waals surface area contributed by atoms with Crippen molar-refractivity contribution in [1.82, 2.24) is 4.90 Å². The van der Waals surface area contributed by atoms with E-state index in [1.165, 1.54) is 32.1 Å². The molecule has 3 heteroatoms. The van der Waals surface area contributed by atoms with Crippen LogP contribution in [0.3, 0.4) is 0 Å². The van der Waals surface area contributed by atoms with E-state index in [0.29, 0.717) is 23.8 Å². The first-order chi connectivity index (χ1) is 8.20. The number of rotatable bonds is 5. The average molecular weight is 238 g/mol. The van der Waals surface area contributed by atoms with Gasteiger partial charge in [-0.05, 0) is 37.5 Å². The summed E-state index contributed by atoms with van der Waals surface area (Å²) in [6, 6.07) is 0.388. The van der Waals surface area contributed by atoms with Crippen LogP contribution in [0.1, 0.15) is 51.9 Å². The third-order valence-electron chi connectivity index (χ3n) is 4.48. The van der Waals surface area contributed by atoms with E-state index in [9.17, 15) is 4.79 Å². The Morgan fingerprint density at radius 3 is 2.82 bits per heavy atom. The SMILES string of the molecule is CCCC1CC(=O)N(CCC2CCCC2N)C1. The van der Waals surface area contributed by atoms with Gasteiger partial charge in [0.2, 0.25) is 5.91 Å². The van der Waals surface area contributed by atoms with Gasteiger partial charge in [0.05, 0.1) is 0 Å². The zero-order valence-corrected chi connectivity index (χ0v) is 11.0. The molecule has 2 fully saturated rings. The van der Waals surface area contributed by atoms with E-state index in [0.717, 1.165) is 25.9 Å². The second-order valence-corrected chi connectivity index (χ2v) is 5.84. The van der Waals surface area contributed by atoms with Crippen molar-refractivity contribution < 1.29 is 4.79 Å². The monoisotopic (exact) mass is 238 g/mol. The lowest BCUT2D eigenvalue weighted by molar-refractivity contribution is -0.127. The summed E-state index contributed by atoms with van der Waals surface area (Å²) in [5.74, 6) is 1.65. The summed E-state index contributed by atoms with van der Waals surface area (Å²) in [6.07, 6.45) is 8.01. The Bertz CT molecular complexity index is 267. The molecular formula is C14H26N2O. The fraction of sp³-hybridized carbons (Fsp3) is 0.929. The molecule has 2 N–H and O–H groups in total. The van der Waals surface area contributed by atoms with Gasteiger partial charge < -0.3 is 10.6 Å². The summed E-state index contributed by atoms with van der Waals surface area (Å²) in [4.78, 5) is 13.9. The van der Waals surface area contributed by atoms with E-state index in [1.807, 2.05) is 0 Å². The van der Waals surface area contributed by atoms with Crippen molar-refractivity contribution in [1.29, 1.82) is 0 Å². The largest absolute Gasteiger partial charge is 0.342 e. The smallest absolute Gasteiger partial charge is 0.222 e. The Kier molecular flexibility index (Phi) is 4.43. The van der Waals surface area contributed by atoms with Crippen molar-refractivity contribution >= 4 is 5.91 Å². The first-order valence-electron chi connectivity index (χ1n) is 7.24. The minimum atomic E-state index is 0.370. The van der Waals surface area contributed by atoms with E-state index >= 15 is 0 Å². The van der Waals surface area contributed by atoms with Crippen molar-refractivity contribution in [3.05, 3.63) is 0 Å². The molecule has 0 aromatic rings. The molecule has 2 rings (SSSR count). The van der Waals surface area contributed by atoms with Crippen molar-refractivity contribution in [3.63, 3.8) is 0 Å². The zero-order chi connectivity index (χ0) is 12.3. The number of likely N-dealkylation sites (tertiary alicyclic amines) is 1. The van der Waals surface area contributed by atoms with Gasteiger partial charge in [0.1, 0.15) is 0 Å². The minimum absolute atomic E-state index is 0.370. The van der Waals surface area contributed by atoms with Gasteiger partial charge in [0, 0.05) is 25.6 Å². The highest BCUT2D eigenvalue weighted by Crippen LogP contribution is 2.28. The van der Waals surface area contributed by atoms with Gasteiger partial charge in [-0.2, -0.15) is 0 Å². The second kappa shape index (κ2) is 5.85. The number of nitrogens with zero attached hydrogens (tertiary/aromatic N) is 1. The van der Waals surface area contributed by atoms with Crippen LogP contribution in [-0.4, -0.2) is 29.9 Å². The van der Waals surface area contributed by atoms with E-state index in [4.69, 9.17) is 5.73 Å². The molecule has 3 unspecified atom stereocenters. The van der Waals surface area contributed by atoms with Crippen molar-refractivity contribution in [2.24, 2.45) is 17.6 Å². The topological polar surface area (TPSA) is 46.3 Å². The molecule has 1 aliphatic carbocycles. The third kappa shape index (κ3) is 3.21. The van der Waals surface area contributed by atoms with Gasteiger partial charge in [-0.3, -0.25) is 4.79 Å². The molecule has 0 bridgehead atoms. The number of hydrogen-bond acceptors (Lipinski definition) is 2. The molecule has 0 radical (unpaired) electrons. The fourth-order valence-corrected chi connectivity index (χ4v) is 3.42. The van der Waals surface area contributed by atoms with Gasteiger partial charge in [-0.15, -0.1) is 0 Å². The minimum Gasteiger partial charge on any atom is -0.342 e. The first kappa shape index (κ1) is 12.9. The highest BCUT2D eigenvalue weighted by atomic mass is 16.2. The lowest BCUT2D eigenvalue weighted by Crippen LogP contribution is -2.31. The molecule has 1 heterocycles. The molecule has 3 nitrogen and oxygen atoms in total. The second-order valence-electron chi connectivity index (χ2n) is 5.84. The molecular weight excluding hydrogens is 212 g/mol. The summed E-state index contributed by atoms with van der Waals surface area (Å²) >= 11 is 0. The lowest BCUT2D eigenvalue weighted by atomic mass is 10.00. The summed E-state index contributed by atoms with van der Waals surface area (Å²) in [7, 11) is 0. The molecule has 1 saturated carbocycles. The summed E-state index contributed by atoms with van der Waals surface area (Å²) in [5.41, 5.74) is 6.07. The Hall–Kier alpha value is -0.570. The summed E-state index contributed by atoms with van der Waals surface area (Å²) in [5, 5.41) is 0. The van der Waals surface area contributed by atoms with E-state index in [2.05, 4.69) is 11.8 Å². The molecule has 2 aliphatic rings. The van der Waals surface area contributed by atoms with Crippen LogP contribution >= 0.6 is 0 Å². The predicted octanol–water partition coefficient (Wildman–Crippen LogP) is 2.15. The van der Waals surface area contributed by atoms with Crippen LogP contribution < -0.4 is 5.73 Å². The zero-order valence-electron chi connectivity index (χ0n) is 11.0. The van der Waals surface area contributed by atoms with E-state index in [1.54, 1.807) is 0 Å². The standard InChI is InChI=1S/C14H26N2O/c1-2-4-11-9-14(17)16(10-11)8-7-12-5-3-6-13(12)15/h11-13H,2-10,15H2,1H3. The molecule has 1 aliphatic heterocycles. The van der Waals surface area contributed by atoms with Crippen LogP contribution in [0.5, 0.6) is 0 Å². The highest BCUT2D eigenvalue weighted by molar-refractivity contribution is 5.78. The maximum atomic E-state index is 11.8. The maximum Gasteiger partial charge on any atom is 0.222 e. The van der Waals surface area contributed by atoms with Crippen LogP contribution in [0, 0.1) is 11.8 Å². The molecule has 1 amide bonds. The van der Waals surface area contributed by atoms with Crippen LogP contribution in [-0.2, 0) is 4.79 Å². The maximum absolute atomic E-state index is 11.8. The van der Waals surface area contributed by atoms with Gasteiger partial charge in [0.15, 0.2) is 0 Å². The Labute approximate surface area is 105 Å². The van der Waals surface area contributed by atoms with Crippen LogP contribution in [0.4, 0.5) is 0 Å². The molecule has 1 saturated heterocycles. The van der Waals surface area contributed by atoms with Crippen LogP contribution in [0.25, 0.3) is 0 Å².